The second kappa shape index (κ2) is 2.61. The molecule has 7 heteroatoms. The summed E-state index contributed by atoms with van der Waals surface area (Å²) >= 11 is -3.47. The summed E-state index contributed by atoms with van der Waals surface area (Å²) < 4.78 is 61.2. The second-order valence-electron chi connectivity index (χ2n) is 1.13. The van der Waals surface area contributed by atoms with E-state index >= 15 is 0 Å². The van der Waals surface area contributed by atoms with E-state index in [1.165, 1.54) is 0 Å². The zero-order chi connectivity index (χ0) is 7.65. The fourth-order valence-corrected chi connectivity index (χ4v) is 0.343. The van der Waals surface area contributed by atoms with E-state index in [2.05, 4.69) is 0 Å². The SMILES string of the molecule is O=S(O)C(F)C(F)(F)F. The van der Waals surface area contributed by atoms with Crippen LogP contribution in [0.4, 0.5) is 17.6 Å². The Balaban J connectivity index is 4.04. The standard InChI is InChI=1S/C2H2F4O2S/c3-1(9(7)8)2(4,5)6/h1H,(H,7,8). The van der Waals surface area contributed by atoms with E-state index < -0.39 is 22.8 Å². The highest BCUT2D eigenvalue weighted by Crippen LogP contribution is 2.24. The van der Waals surface area contributed by atoms with Crippen LogP contribution >= 0.6 is 0 Å². The van der Waals surface area contributed by atoms with E-state index in [1.807, 2.05) is 0 Å². The lowest BCUT2D eigenvalue weighted by Crippen LogP contribution is -2.28. The van der Waals surface area contributed by atoms with Gasteiger partial charge in [0.2, 0.25) is 0 Å². The maximum atomic E-state index is 11.4. The first-order valence-electron chi connectivity index (χ1n) is 1.66. The molecular weight excluding hydrogens is 164 g/mol. The van der Waals surface area contributed by atoms with E-state index in [-0.39, 0.29) is 0 Å². The topological polar surface area (TPSA) is 37.3 Å². The van der Waals surface area contributed by atoms with E-state index in [4.69, 9.17) is 4.55 Å². The largest absolute Gasteiger partial charge is 0.434 e. The molecule has 0 fully saturated rings. The van der Waals surface area contributed by atoms with Crippen molar-refractivity contribution in [2.45, 2.75) is 11.7 Å². The number of hydrogen-bond acceptors (Lipinski definition) is 1. The lowest BCUT2D eigenvalue weighted by atomic mass is 10.7. The summed E-state index contributed by atoms with van der Waals surface area (Å²) in [6.45, 7) is 0. The molecule has 0 aliphatic heterocycles. The van der Waals surface area contributed by atoms with Crippen molar-refractivity contribution in [3.63, 3.8) is 0 Å². The maximum Gasteiger partial charge on any atom is 0.434 e. The van der Waals surface area contributed by atoms with Crippen LogP contribution in [0.2, 0.25) is 0 Å². The minimum atomic E-state index is -5.24. The molecule has 0 saturated heterocycles. The molecule has 0 heterocycles. The highest BCUT2D eigenvalue weighted by molar-refractivity contribution is 7.79. The van der Waals surface area contributed by atoms with Crippen LogP contribution in [0.1, 0.15) is 0 Å². The number of halogens is 4. The van der Waals surface area contributed by atoms with Crippen LogP contribution in [0, 0.1) is 0 Å². The molecule has 9 heavy (non-hydrogen) atoms. The monoisotopic (exact) mass is 166 g/mol. The van der Waals surface area contributed by atoms with Gasteiger partial charge in [-0.25, -0.2) is 8.60 Å². The third-order valence-electron chi connectivity index (χ3n) is 0.434. The van der Waals surface area contributed by atoms with Crippen molar-refractivity contribution >= 4 is 11.1 Å². The van der Waals surface area contributed by atoms with Crippen molar-refractivity contribution in [2.75, 3.05) is 0 Å². The van der Waals surface area contributed by atoms with Gasteiger partial charge in [-0.1, -0.05) is 0 Å². The van der Waals surface area contributed by atoms with E-state index in [1.54, 1.807) is 0 Å². The van der Waals surface area contributed by atoms with Gasteiger partial charge in [0.1, 0.15) is 0 Å². The minimum Gasteiger partial charge on any atom is -0.304 e. The van der Waals surface area contributed by atoms with Crippen molar-refractivity contribution in [1.82, 2.24) is 0 Å². The van der Waals surface area contributed by atoms with Crippen LogP contribution in [0.3, 0.4) is 0 Å². The fourth-order valence-electron chi connectivity index (χ4n) is 0.114. The summed E-state index contributed by atoms with van der Waals surface area (Å²) in [6.07, 6.45) is -5.24. The summed E-state index contributed by atoms with van der Waals surface area (Å²) in [5.41, 5.74) is -3.66. The molecule has 2 atom stereocenters. The molecule has 0 spiro atoms. The van der Waals surface area contributed by atoms with Crippen LogP contribution in [0.25, 0.3) is 0 Å². The van der Waals surface area contributed by atoms with Crippen molar-refractivity contribution in [2.24, 2.45) is 0 Å². The van der Waals surface area contributed by atoms with Crippen molar-refractivity contribution < 1.29 is 26.3 Å². The third kappa shape index (κ3) is 2.75. The van der Waals surface area contributed by atoms with Gasteiger partial charge in [0.05, 0.1) is 0 Å². The summed E-state index contributed by atoms with van der Waals surface area (Å²) in [5.74, 6) is 0. The molecule has 0 aliphatic carbocycles. The predicted octanol–water partition coefficient (Wildman–Crippen LogP) is 1.07. The molecule has 0 bridgehead atoms. The van der Waals surface area contributed by atoms with Gasteiger partial charge < -0.3 is 4.55 Å². The molecule has 2 nitrogen and oxygen atoms in total. The van der Waals surface area contributed by atoms with Crippen LogP contribution < -0.4 is 0 Å². The molecule has 0 radical (unpaired) electrons. The Morgan fingerprint density at radius 1 is 1.44 bits per heavy atom. The first-order valence-corrected chi connectivity index (χ1v) is 2.83. The van der Waals surface area contributed by atoms with Crippen molar-refractivity contribution in [3.05, 3.63) is 0 Å². The number of hydrogen-bond donors (Lipinski definition) is 1. The molecule has 0 amide bonds. The molecule has 0 aliphatic rings. The third-order valence-corrected chi connectivity index (χ3v) is 1.06. The van der Waals surface area contributed by atoms with Gasteiger partial charge in [0, 0.05) is 0 Å². The van der Waals surface area contributed by atoms with Crippen LogP contribution in [-0.2, 0) is 11.1 Å². The van der Waals surface area contributed by atoms with Crippen molar-refractivity contribution in [1.29, 1.82) is 0 Å². The second-order valence-corrected chi connectivity index (χ2v) is 2.10. The Hall–Kier alpha value is -0.170. The molecule has 2 unspecified atom stereocenters. The van der Waals surface area contributed by atoms with Crippen LogP contribution in [0.5, 0.6) is 0 Å². The quantitative estimate of drug-likeness (QED) is 0.467. The Kier molecular flexibility index (Phi) is 2.56. The van der Waals surface area contributed by atoms with Crippen molar-refractivity contribution in [3.8, 4) is 0 Å². The number of rotatable bonds is 1. The van der Waals surface area contributed by atoms with Gasteiger partial charge in [-0.3, -0.25) is 0 Å². The van der Waals surface area contributed by atoms with Gasteiger partial charge in [-0.15, -0.1) is 0 Å². The Morgan fingerprint density at radius 2 is 1.78 bits per heavy atom. The molecule has 1 N–H and O–H groups in total. The number of alkyl halides is 4. The Bertz CT molecular complexity index is 120. The van der Waals surface area contributed by atoms with Gasteiger partial charge >= 0.3 is 6.18 Å². The zero-order valence-electron chi connectivity index (χ0n) is 3.85. The minimum absolute atomic E-state index is 3.47. The molecule has 56 valence electrons. The molecule has 0 aromatic heterocycles. The van der Waals surface area contributed by atoms with E-state index in [9.17, 15) is 21.8 Å². The molecule has 0 saturated carbocycles. The highest BCUT2D eigenvalue weighted by atomic mass is 32.2. The first kappa shape index (κ1) is 8.83. The Labute approximate surface area is 50.1 Å². The van der Waals surface area contributed by atoms with Gasteiger partial charge in [0.25, 0.3) is 5.50 Å². The molecule has 0 aromatic rings. The summed E-state index contributed by atoms with van der Waals surface area (Å²) in [5, 5.41) is 0. The average molecular weight is 166 g/mol. The molecule has 0 aromatic carbocycles. The van der Waals surface area contributed by atoms with Gasteiger partial charge in [-0.2, -0.15) is 13.2 Å². The molecule has 0 rings (SSSR count). The average Bonchev–Trinajstić information content (AvgIpc) is 1.62. The lowest BCUT2D eigenvalue weighted by Gasteiger charge is -2.06. The summed E-state index contributed by atoms with van der Waals surface area (Å²) in [6, 6.07) is 0. The summed E-state index contributed by atoms with van der Waals surface area (Å²) in [7, 11) is 0. The fraction of sp³-hybridized carbons (Fsp3) is 1.00. The maximum absolute atomic E-state index is 11.4. The van der Waals surface area contributed by atoms with Crippen LogP contribution in [0.15, 0.2) is 0 Å². The normalized spacial score (nSPS) is 19.2. The van der Waals surface area contributed by atoms with E-state index in [0.717, 1.165) is 0 Å². The van der Waals surface area contributed by atoms with Gasteiger partial charge in [-0.05, 0) is 0 Å². The molecular formula is C2H2F4O2S. The lowest BCUT2D eigenvalue weighted by molar-refractivity contribution is -0.156. The Morgan fingerprint density at radius 3 is 1.78 bits per heavy atom. The zero-order valence-corrected chi connectivity index (χ0v) is 4.67. The first-order chi connectivity index (χ1) is 3.85. The predicted molar refractivity (Wildman–Crippen MR) is 21.7 cm³/mol. The highest BCUT2D eigenvalue weighted by Gasteiger charge is 2.44. The van der Waals surface area contributed by atoms with E-state index in [0.29, 0.717) is 0 Å². The van der Waals surface area contributed by atoms with Gasteiger partial charge in [0.15, 0.2) is 11.1 Å². The smallest absolute Gasteiger partial charge is 0.304 e. The summed E-state index contributed by atoms with van der Waals surface area (Å²) in [4.78, 5) is 0. The van der Waals surface area contributed by atoms with Crippen LogP contribution in [-0.4, -0.2) is 20.4 Å².